The Kier molecular flexibility index (Phi) is 2750. The molecule has 0 radical (unpaired) electrons. The molecule has 0 aromatic rings. The molecule has 0 saturated carbocycles. The average Bonchev–Trinajstić information content (AvgIpc) is 0. The van der Waals surface area contributed by atoms with E-state index in [9.17, 15) is 0 Å². The summed E-state index contributed by atoms with van der Waals surface area (Å²) in [6.45, 7) is 0. The van der Waals surface area contributed by atoms with Gasteiger partial charge < -0.3 is 27.4 Å². The van der Waals surface area contributed by atoms with E-state index < -0.39 is 0 Å². The third-order valence-electron chi connectivity index (χ3n) is 0. The maximum absolute atomic E-state index is 0. The van der Waals surface area contributed by atoms with E-state index in [4.69, 9.17) is 0 Å². The van der Waals surface area contributed by atoms with Crippen molar-refractivity contribution in [2.75, 3.05) is 0 Å². The fourth-order valence-corrected chi connectivity index (χ4v) is 0. The van der Waals surface area contributed by atoms with E-state index >= 15 is 0 Å². The van der Waals surface area contributed by atoms with Crippen LogP contribution in [0.1, 0.15) is 0 Å². The summed E-state index contributed by atoms with van der Waals surface area (Å²) in [4.78, 5) is 0. The average molecular weight is 278 g/mol. The molecule has 0 bridgehead atoms. The Labute approximate surface area is 156 Å². The van der Waals surface area contributed by atoms with Crippen LogP contribution in [-0.4, -0.2) is 132 Å². The minimum atomic E-state index is 0. The van der Waals surface area contributed by atoms with Gasteiger partial charge in [0.2, 0.25) is 0 Å². The first-order valence-electron chi connectivity index (χ1n) is 0. The van der Waals surface area contributed by atoms with E-state index in [1.54, 1.807) is 0 Å². The van der Waals surface area contributed by atoms with Crippen LogP contribution in [0.2, 0.25) is 0 Å². The Hall–Kier alpha value is 3.82. The van der Waals surface area contributed by atoms with Crippen LogP contribution in [0.4, 0.5) is 0 Å². The van der Waals surface area contributed by atoms with Gasteiger partial charge in [0.15, 0.2) is 0 Å². The van der Waals surface area contributed by atoms with E-state index in [0.29, 0.717) is 0 Å². The molecule has 0 rings (SSSR count). The first-order valence-corrected chi connectivity index (χ1v) is 0. The Morgan fingerprint density at radius 2 is 0.364 bits per heavy atom. The normalized spacial score (nSPS) is 0. The minimum Gasteiger partial charge on any atom is -2.00 e. The summed E-state index contributed by atoms with van der Waals surface area (Å²) in [5.74, 6) is 0. The van der Waals surface area contributed by atoms with Crippen molar-refractivity contribution in [3.63, 3.8) is 0 Å². The Bertz CT molecular complexity index is 20.4. The van der Waals surface area contributed by atoms with E-state index in [1.165, 1.54) is 0 Å². The van der Waals surface area contributed by atoms with E-state index in [1.807, 2.05) is 0 Å². The van der Waals surface area contributed by atoms with Gasteiger partial charge in [0, 0.05) is 0 Å². The second kappa shape index (κ2) is 156. The summed E-state index contributed by atoms with van der Waals surface area (Å²) in [6, 6.07) is 0. The largest absolute Gasteiger partial charge is 3.00 e. The number of hydrogen-bond acceptors (Lipinski definition) is 0. The third-order valence-corrected chi connectivity index (χ3v) is 0. The van der Waals surface area contributed by atoms with Gasteiger partial charge in [-0.25, -0.2) is 0 Å². The standard InChI is InChI=1S/2Al.2Ca.5O.2H4Si/h;;;;;;;;;2*1H4/q2*+3;2*+2;5*-2;;. The van der Waals surface area contributed by atoms with Crippen LogP contribution in [0.15, 0.2) is 0 Å². The van der Waals surface area contributed by atoms with Gasteiger partial charge in [0.1, 0.15) is 0 Å². The summed E-state index contributed by atoms with van der Waals surface area (Å²) in [5.41, 5.74) is 0. The molecule has 0 aliphatic rings. The first-order chi connectivity index (χ1) is 0. The Morgan fingerprint density at radius 3 is 0.364 bits per heavy atom. The molecule has 0 spiro atoms. The molecule has 0 amide bonds. The van der Waals surface area contributed by atoms with Crippen molar-refractivity contribution in [3.05, 3.63) is 0 Å². The third kappa shape index (κ3) is 132. The van der Waals surface area contributed by atoms with Crippen molar-refractivity contribution in [1.82, 2.24) is 0 Å². The van der Waals surface area contributed by atoms with Crippen LogP contribution >= 0.6 is 0 Å². The van der Waals surface area contributed by atoms with Crippen LogP contribution in [-0.2, 0) is 27.4 Å². The molecule has 0 aliphatic carbocycles. The van der Waals surface area contributed by atoms with Gasteiger partial charge in [0.25, 0.3) is 0 Å². The molecule has 0 N–H and O–H groups in total. The molecule has 0 aromatic heterocycles. The van der Waals surface area contributed by atoms with Crippen LogP contribution < -0.4 is 0 Å². The zero-order valence-corrected chi connectivity index (χ0v) is 11.3. The molecule has 0 atom stereocenters. The van der Waals surface area contributed by atoms with Crippen molar-refractivity contribution in [1.29, 1.82) is 0 Å². The fraction of sp³-hybridized carbons (Fsp3) is 0. The summed E-state index contributed by atoms with van der Waals surface area (Å²) in [6.07, 6.45) is 0. The topological polar surface area (TPSA) is 142 Å². The second-order valence-corrected chi connectivity index (χ2v) is 0. The van der Waals surface area contributed by atoms with Crippen molar-refractivity contribution in [3.8, 4) is 0 Å². The van der Waals surface area contributed by atoms with Crippen molar-refractivity contribution in [2.24, 2.45) is 0 Å². The molecule has 0 saturated heterocycles. The molecule has 56 valence electrons. The summed E-state index contributed by atoms with van der Waals surface area (Å²) >= 11 is 0. The van der Waals surface area contributed by atoms with Crippen LogP contribution in [0.25, 0.3) is 0 Å². The molecule has 0 aliphatic heterocycles. The molecule has 0 heterocycles. The van der Waals surface area contributed by atoms with Gasteiger partial charge in [0.05, 0.1) is 0 Å². The van der Waals surface area contributed by atoms with Crippen molar-refractivity contribution < 1.29 is 27.4 Å². The van der Waals surface area contributed by atoms with Gasteiger partial charge in [-0.3, -0.25) is 0 Å². The SMILES string of the molecule is [Al+3].[Al+3].[Ca+2].[Ca+2].[O-2].[O-2].[O-2].[O-2].[O-2].[SiH4].[SiH4]. The summed E-state index contributed by atoms with van der Waals surface area (Å²) in [7, 11) is 0. The Balaban J connectivity index is 0. The van der Waals surface area contributed by atoms with Crippen molar-refractivity contribution >= 4 is 132 Å². The molecule has 11 heavy (non-hydrogen) atoms. The van der Waals surface area contributed by atoms with E-state index in [0.717, 1.165) is 0 Å². The van der Waals surface area contributed by atoms with Gasteiger partial charge >= 0.3 is 110 Å². The van der Waals surface area contributed by atoms with Crippen LogP contribution in [0.5, 0.6) is 0 Å². The van der Waals surface area contributed by atoms with Gasteiger partial charge in [-0.2, -0.15) is 0 Å². The number of hydrogen-bond donors (Lipinski definition) is 0. The zero-order chi connectivity index (χ0) is 0. The molecular weight excluding hydrogens is 270 g/mol. The number of rotatable bonds is 0. The molecule has 0 aromatic carbocycles. The van der Waals surface area contributed by atoms with Gasteiger partial charge in [-0.15, -0.1) is 0 Å². The molecule has 0 unspecified atom stereocenters. The molecular formula is H8Al2Ca2O5Si2. The summed E-state index contributed by atoms with van der Waals surface area (Å²) < 4.78 is 0. The first kappa shape index (κ1) is 194. The van der Waals surface area contributed by atoms with E-state index in [2.05, 4.69) is 0 Å². The Morgan fingerprint density at radius 1 is 0.364 bits per heavy atom. The smallest absolute Gasteiger partial charge is 2.00 e. The minimum absolute atomic E-state index is 0. The predicted molar refractivity (Wildman–Crippen MR) is 49.1 cm³/mol. The quantitative estimate of drug-likeness (QED) is 0.391. The predicted octanol–water partition coefficient (Wildman–Crippen LogP) is -5.02. The summed E-state index contributed by atoms with van der Waals surface area (Å²) in [5, 5.41) is 0. The second-order valence-electron chi connectivity index (χ2n) is 0. The molecule has 5 nitrogen and oxygen atoms in total. The molecule has 11 heteroatoms. The van der Waals surface area contributed by atoms with E-state index in [-0.39, 0.29) is 160 Å². The van der Waals surface area contributed by atoms with Crippen LogP contribution in [0.3, 0.4) is 0 Å². The van der Waals surface area contributed by atoms with Crippen molar-refractivity contribution in [2.45, 2.75) is 0 Å². The fourth-order valence-electron chi connectivity index (χ4n) is 0. The maximum atomic E-state index is 0. The monoisotopic (exact) mass is 278 g/mol. The molecule has 0 fully saturated rings. The van der Waals surface area contributed by atoms with Gasteiger partial charge in [-0.1, -0.05) is 0 Å². The maximum Gasteiger partial charge on any atom is 3.00 e. The van der Waals surface area contributed by atoms with Gasteiger partial charge in [-0.05, 0) is 21.9 Å². The zero-order valence-electron chi connectivity index (χ0n) is 4.61. The van der Waals surface area contributed by atoms with Crippen LogP contribution in [0, 0.1) is 0 Å².